The molecule has 0 bridgehead atoms. The van der Waals surface area contributed by atoms with Gasteiger partial charge in [0, 0.05) is 9.89 Å². The molecule has 0 aliphatic rings. The highest BCUT2D eigenvalue weighted by Crippen LogP contribution is 2.37. The number of nitrogens with zero attached hydrogens (tertiary/aromatic N) is 3. The van der Waals surface area contributed by atoms with Gasteiger partial charge in [0.05, 0.1) is 11.3 Å². The maximum Gasteiger partial charge on any atom is 0.417 e. The minimum absolute atomic E-state index is 0.0235. The molecule has 21 heavy (non-hydrogen) atoms. The molecule has 0 radical (unpaired) electrons. The van der Waals surface area contributed by atoms with Gasteiger partial charge in [-0.1, -0.05) is 36.7 Å². The summed E-state index contributed by atoms with van der Waals surface area (Å²) in [4.78, 5) is 0. The molecule has 2 aromatic rings. The van der Waals surface area contributed by atoms with Gasteiger partial charge in [0.2, 0.25) is 5.28 Å². The van der Waals surface area contributed by atoms with Gasteiger partial charge in [-0.25, -0.2) is 0 Å². The van der Waals surface area contributed by atoms with Crippen molar-refractivity contribution in [1.29, 1.82) is 0 Å². The van der Waals surface area contributed by atoms with Crippen LogP contribution in [-0.4, -0.2) is 14.8 Å². The van der Waals surface area contributed by atoms with Gasteiger partial charge in [0.25, 0.3) is 0 Å². The molecule has 0 atom stereocenters. The van der Waals surface area contributed by atoms with Crippen LogP contribution < -0.4 is 0 Å². The summed E-state index contributed by atoms with van der Waals surface area (Å²) in [5.74, 6) is 0.489. The second-order valence-corrected chi connectivity index (χ2v) is 6.73. The van der Waals surface area contributed by atoms with Crippen molar-refractivity contribution in [2.45, 2.75) is 32.4 Å². The molecule has 114 valence electrons. The lowest BCUT2D eigenvalue weighted by molar-refractivity contribution is -0.138. The average molecular weight is 383 g/mol. The zero-order valence-electron chi connectivity index (χ0n) is 11.5. The van der Waals surface area contributed by atoms with E-state index in [1.165, 1.54) is 16.7 Å². The Bertz CT molecular complexity index is 674. The Morgan fingerprint density at radius 2 is 1.76 bits per heavy atom. The van der Waals surface area contributed by atoms with Crippen LogP contribution in [-0.2, 0) is 11.6 Å². The first-order valence-electron chi connectivity index (χ1n) is 6.00. The Kier molecular flexibility index (Phi) is 4.10. The van der Waals surface area contributed by atoms with E-state index in [4.69, 9.17) is 11.6 Å². The highest BCUT2D eigenvalue weighted by atomic mass is 79.9. The lowest BCUT2D eigenvalue weighted by Gasteiger charge is -2.20. The maximum absolute atomic E-state index is 13.0. The molecule has 0 aliphatic carbocycles. The van der Waals surface area contributed by atoms with Crippen LogP contribution >= 0.6 is 27.5 Å². The molecular formula is C13H12BrClF3N3. The van der Waals surface area contributed by atoms with E-state index in [-0.39, 0.29) is 15.4 Å². The second kappa shape index (κ2) is 5.28. The largest absolute Gasteiger partial charge is 0.417 e. The van der Waals surface area contributed by atoms with Crippen LogP contribution in [0, 0.1) is 0 Å². The highest BCUT2D eigenvalue weighted by Gasteiger charge is 2.34. The monoisotopic (exact) mass is 381 g/mol. The number of alkyl halides is 3. The van der Waals surface area contributed by atoms with Crippen LogP contribution in [0.1, 0.15) is 32.2 Å². The summed E-state index contributed by atoms with van der Waals surface area (Å²) in [6.07, 6.45) is -4.46. The fourth-order valence-electron chi connectivity index (χ4n) is 1.85. The molecule has 0 saturated heterocycles. The summed E-state index contributed by atoms with van der Waals surface area (Å²) >= 11 is 8.90. The Labute approximate surface area is 133 Å². The minimum atomic E-state index is -4.46. The fraction of sp³-hybridized carbons (Fsp3) is 0.385. The van der Waals surface area contributed by atoms with Gasteiger partial charge in [-0.05, 0) is 29.8 Å². The summed E-state index contributed by atoms with van der Waals surface area (Å²) in [5, 5.41) is 7.75. The smallest absolute Gasteiger partial charge is 0.269 e. The molecule has 0 aliphatic heterocycles. The number of benzene rings is 1. The third kappa shape index (κ3) is 3.23. The van der Waals surface area contributed by atoms with Crippen molar-refractivity contribution in [2.75, 3.05) is 0 Å². The number of aromatic nitrogens is 3. The van der Waals surface area contributed by atoms with Crippen molar-refractivity contribution < 1.29 is 13.2 Å². The van der Waals surface area contributed by atoms with Crippen LogP contribution in [0.3, 0.4) is 0 Å². The lowest BCUT2D eigenvalue weighted by Crippen LogP contribution is -2.18. The SMILES string of the molecule is CC(C)(C)c1nnc(Cl)n1-c1ccc(Br)c(C(F)(F)F)c1. The van der Waals surface area contributed by atoms with Crippen LogP contribution in [0.25, 0.3) is 5.69 Å². The normalized spacial score (nSPS) is 12.8. The zero-order chi connectivity index (χ0) is 16.0. The Morgan fingerprint density at radius 1 is 1.14 bits per heavy atom. The molecule has 0 spiro atoms. The third-order valence-electron chi connectivity index (χ3n) is 2.81. The first-order valence-corrected chi connectivity index (χ1v) is 7.17. The van der Waals surface area contributed by atoms with E-state index in [1.807, 2.05) is 20.8 Å². The Hall–Kier alpha value is -1.08. The van der Waals surface area contributed by atoms with Crippen molar-refractivity contribution in [3.05, 3.63) is 39.3 Å². The van der Waals surface area contributed by atoms with Gasteiger partial charge < -0.3 is 0 Å². The van der Waals surface area contributed by atoms with E-state index < -0.39 is 17.2 Å². The lowest BCUT2D eigenvalue weighted by atomic mass is 9.95. The molecule has 0 N–H and O–H groups in total. The quantitative estimate of drug-likeness (QED) is 0.695. The number of hydrogen-bond acceptors (Lipinski definition) is 2. The highest BCUT2D eigenvalue weighted by molar-refractivity contribution is 9.10. The van der Waals surface area contributed by atoms with E-state index in [9.17, 15) is 13.2 Å². The zero-order valence-corrected chi connectivity index (χ0v) is 13.8. The second-order valence-electron chi connectivity index (χ2n) is 5.54. The topological polar surface area (TPSA) is 30.7 Å². The van der Waals surface area contributed by atoms with Crippen LogP contribution in [0.15, 0.2) is 22.7 Å². The van der Waals surface area contributed by atoms with Gasteiger partial charge in [0.15, 0.2) is 0 Å². The van der Waals surface area contributed by atoms with E-state index in [2.05, 4.69) is 26.1 Å². The first-order chi connectivity index (χ1) is 9.51. The number of halogens is 5. The average Bonchev–Trinajstić information content (AvgIpc) is 2.70. The van der Waals surface area contributed by atoms with Crippen molar-refractivity contribution in [2.24, 2.45) is 0 Å². The van der Waals surface area contributed by atoms with E-state index in [0.29, 0.717) is 5.82 Å². The van der Waals surface area contributed by atoms with Crippen molar-refractivity contribution in [1.82, 2.24) is 14.8 Å². The minimum Gasteiger partial charge on any atom is -0.269 e. The standard InChI is InChI=1S/C13H12BrClF3N3/c1-12(2,3)10-19-20-11(15)21(10)7-4-5-9(14)8(6-7)13(16,17)18/h4-6H,1-3H3. The molecule has 8 heteroatoms. The summed E-state index contributed by atoms with van der Waals surface area (Å²) in [6, 6.07) is 3.89. The molecule has 1 aromatic carbocycles. The predicted molar refractivity (Wildman–Crippen MR) is 77.8 cm³/mol. The molecule has 1 heterocycles. The molecule has 0 saturated carbocycles. The molecule has 3 nitrogen and oxygen atoms in total. The number of hydrogen-bond donors (Lipinski definition) is 0. The molecule has 2 rings (SSSR count). The van der Waals surface area contributed by atoms with Gasteiger partial charge >= 0.3 is 6.18 Å². The van der Waals surface area contributed by atoms with E-state index in [0.717, 1.165) is 6.07 Å². The first kappa shape index (κ1) is 16.3. The summed E-state index contributed by atoms with van der Waals surface area (Å²) in [6.45, 7) is 5.65. The molecular weight excluding hydrogens is 371 g/mol. The van der Waals surface area contributed by atoms with Crippen molar-refractivity contribution in [3.63, 3.8) is 0 Å². The van der Waals surface area contributed by atoms with E-state index >= 15 is 0 Å². The van der Waals surface area contributed by atoms with Crippen molar-refractivity contribution in [3.8, 4) is 5.69 Å². The third-order valence-corrected chi connectivity index (χ3v) is 3.74. The van der Waals surface area contributed by atoms with Crippen LogP contribution in [0.2, 0.25) is 5.28 Å². The molecule has 1 aromatic heterocycles. The number of rotatable bonds is 1. The Balaban J connectivity index is 2.67. The predicted octanol–water partition coefficient (Wildman–Crippen LogP) is 5.00. The summed E-state index contributed by atoms with van der Waals surface area (Å²) in [5.41, 5.74) is -0.916. The summed E-state index contributed by atoms with van der Waals surface area (Å²) < 4.78 is 40.4. The van der Waals surface area contributed by atoms with Gasteiger partial charge in [0.1, 0.15) is 5.82 Å². The van der Waals surface area contributed by atoms with Gasteiger partial charge in [-0.2, -0.15) is 13.2 Å². The maximum atomic E-state index is 13.0. The molecule has 0 amide bonds. The fourth-order valence-corrected chi connectivity index (χ4v) is 2.54. The van der Waals surface area contributed by atoms with E-state index in [1.54, 1.807) is 0 Å². The van der Waals surface area contributed by atoms with Gasteiger partial charge in [-0.15, -0.1) is 10.2 Å². The molecule has 0 unspecified atom stereocenters. The Morgan fingerprint density at radius 3 is 2.29 bits per heavy atom. The van der Waals surface area contributed by atoms with Crippen LogP contribution in [0.5, 0.6) is 0 Å². The van der Waals surface area contributed by atoms with Crippen molar-refractivity contribution >= 4 is 27.5 Å². The molecule has 0 fully saturated rings. The summed E-state index contributed by atoms with van der Waals surface area (Å²) in [7, 11) is 0. The van der Waals surface area contributed by atoms with Crippen LogP contribution in [0.4, 0.5) is 13.2 Å². The van der Waals surface area contributed by atoms with Gasteiger partial charge in [-0.3, -0.25) is 4.57 Å².